The van der Waals surface area contributed by atoms with Crippen LogP contribution in [0, 0.1) is 0 Å². The number of urea groups is 1. The molecule has 1 heterocycles. The van der Waals surface area contributed by atoms with Crippen molar-refractivity contribution in [2.75, 3.05) is 65.2 Å². The molecular weight excluding hydrogens is 414 g/mol. The maximum atomic E-state index is 12.3. The molecule has 0 aliphatic heterocycles. The summed E-state index contributed by atoms with van der Waals surface area (Å²) < 4.78 is 27.5. The first kappa shape index (κ1) is 23.8. The number of hydrogen-bond acceptors (Lipinski definition) is 7. The van der Waals surface area contributed by atoms with Gasteiger partial charge in [0.05, 0.1) is 45.8 Å². The molecule has 0 aliphatic rings. The Morgan fingerprint density at radius 1 is 0.938 bits per heavy atom. The quantitative estimate of drug-likeness (QED) is 0.326. The lowest BCUT2D eigenvalue weighted by Crippen LogP contribution is -2.32. The van der Waals surface area contributed by atoms with Gasteiger partial charge in [0.1, 0.15) is 16.9 Å². The summed E-state index contributed by atoms with van der Waals surface area (Å²) in [7, 11) is 1.56. The van der Waals surface area contributed by atoms with Crippen molar-refractivity contribution in [2.24, 2.45) is 5.73 Å². The smallest absolute Gasteiger partial charge is 0.319 e. The van der Waals surface area contributed by atoms with Crippen molar-refractivity contribution in [1.29, 1.82) is 0 Å². The molecule has 3 rings (SSSR count). The average Bonchev–Trinajstić information content (AvgIpc) is 3.16. The zero-order valence-electron chi connectivity index (χ0n) is 18.4. The minimum Gasteiger partial charge on any atom is -0.495 e. The highest BCUT2D eigenvalue weighted by atomic mass is 16.5. The molecule has 0 spiro atoms. The molecule has 0 atom stereocenters. The van der Waals surface area contributed by atoms with E-state index in [1.54, 1.807) is 13.2 Å². The topological polar surface area (TPSA) is 117 Å². The SMILES string of the molecule is COc1cc2c(cc1NC(=O)NCCOCCOCCOCCCN)oc1ccccc12. The molecule has 2 aromatic carbocycles. The van der Waals surface area contributed by atoms with Crippen molar-refractivity contribution in [3.63, 3.8) is 0 Å². The molecule has 4 N–H and O–H groups in total. The van der Waals surface area contributed by atoms with Crippen LogP contribution in [0.3, 0.4) is 0 Å². The van der Waals surface area contributed by atoms with Gasteiger partial charge in [0, 0.05) is 30.0 Å². The van der Waals surface area contributed by atoms with Crippen molar-refractivity contribution in [3.8, 4) is 5.75 Å². The van der Waals surface area contributed by atoms with Crippen LogP contribution in [0.4, 0.5) is 10.5 Å². The summed E-state index contributed by atoms with van der Waals surface area (Å²) in [5.41, 5.74) is 7.37. The number of nitrogens with two attached hydrogens (primary N) is 1. The number of para-hydroxylation sites is 1. The molecule has 32 heavy (non-hydrogen) atoms. The van der Waals surface area contributed by atoms with Crippen LogP contribution in [0.25, 0.3) is 21.9 Å². The fraction of sp³-hybridized carbons (Fsp3) is 0.435. The van der Waals surface area contributed by atoms with E-state index in [9.17, 15) is 4.79 Å². The van der Waals surface area contributed by atoms with Gasteiger partial charge < -0.3 is 39.7 Å². The van der Waals surface area contributed by atoms with Crippen molar-refractivity contribution < 1.29 is 28.2 Å². The first-order chi connectivity index (χ1) is 15.7. The van der Waals surface area contributed by atoms with Gasteiger partial charge in [0.25, 0.3) is 0 Å². The second kappa shape index (κ2) is 12.9. The molecule has 174 valence electrons. The van der Waals surface area contributed by atoms with Crippen LogP contribution < -0.4 is 21.1 Å². The minimum atomic E-state index is -0.353. The van der Waals surface area contributed by atoms with Gasteiger partial charge in [-0.3, -0.25) is 0 Å². The van der Waals surface area contributed by atoms with Gasteiger partial charge in [-0.15, -0.1) is 0 Å². The molecule has 2 amide bonds. The number of ether oxygens (including phenoxy) is 4. The molecule has 0 aliphatic carbocycles. The van der Waals surface area contributed by atoms with Crippen LogP contribution in [0.5, 0.6) is 5.75 Å². The maximum Gasteiger partial charge on any atom is 0.319 e. The van der Waals surface area contributed by atoms with Crippen molar-refractivity contribution in [2.45, 2.75) is 6.42 Å². The van der Waals surface area contributed by atoms with Gasteiger partial charge in [-0.25, -0.2) is 4.79 Å². The number of amides is 2. The summed E-state index contributed by atoms with van der Waals surface area (Å²) in [6, 6.07) is 11.0. The number of benzene rings is 2. The molecule has 9 heteroatoms. The monoisotopic (exact) mass is 445 g/mol. The number of furan rings is 1. The zero-order chi connectivity index (χ0) is 22.6. The standard InChI is InChI=1S/C23H31N3O6/c1-28-22-15-18-17-5-2-3-6-20(17)32-21(18)16-19(22)26-23(27)25-8-10-30-12-14-31-13-11-29-9-4-7-24/h2-3,5-6,15-16H,4,7-14,24H2,1H3,(H2,25,26,27). The minimum absolute atomic E-state index is 0.353. The van der Waals surface area contributed by atoms with E-state index >= 15 is 0 Å². The van der Waals surface area contributed by atoms with E-state index in [0.29, 0.717) is 69.8 Å². The highest BCUT2D eigenvalue weighted by Crippen LogP contribution is 2.36. The lowest BCUT2D eigenvalue weighted by Gasteiger charge is -2.11. The lowest BCUT2D eigenvalue weighted by molar-refractivity contribution is 0.0153. The van der Waals surface area contributed by atoms with Gasteiger partial charge in [-0.1, -0.05) is 18.2 Å². The molecule has 3 aromatic rings. The molecule has 0 bridgehead atoms. The van der Waals surface area contributed by atoms with Crippen LogP contribution in [0.2, 0.25) is 0 Å². The van der Waals surface area contributed by atoms with Crippen molar-refractivity contribution in [1.82, 2.24) is 5.32 Å². The highest BCUT2D eigenvalue weighted by Gasteiger charge is 2.13. The summed E-state index contributed by atoms with van der Waals surface area (Å²) in [6.07, 6.45) is 0.852. The van der Waals surface area contributed by atoms with E-state index in [4.69, 9.17) is 29.1 Å². The van der Waals surface area contributed by atoms with E-state index in [2.05, 4.69) is 10.6 Å². The Labute approximate surface area is 187 Å². The number of hydrogen-bond donors (Lipinski definition) is 3. The largest absolute Gasteiger partial charge is 0.495 e. The molecule has 0 fully saturated rings. The highest BCUT2D eigenvalue weighted by molar-refractivity contribution is 6.07. The van der Waals surface area contributed by atoms with Gasteiger partial charge in [-0.2, -0.15) is 0 Å². The predicted molar refractivity (Wildman–Crippen MR) is 123 cm³/mol. The summed E-state index contributed by atoms with van der Waals surface area (Å²) in [5, 5.41) is 7.49. The number of carbonyl (C=O) groups excluding carboxylic acids is 1. The first-order valence-corrected chi connectivity index (χ1v) is 10.7. The van der Waals surface area contributed by atoms with E-state index in [-0.39, 0.29) is 6.03 Å². The Morgan fingerprint density at radius 2 is 1.66 bits per heavy atom. The third-order valence-corrected chi connectivity index (χ3v) is 4.72. The zero-order valence-corrected chi connectivity index (χ0v) is 18.4. The van der Waals surface area contributed by atoms with E-state index in [1.165, 1.54) is 0 Å². The molecule has 0 radical (unpaired) electrons. The predicted octanol–water partition coefficient (Wildman–Crippen LogP) is 3.11. The van der Waals surface area contributed by atoms with Crippen LogP contribution >= 0.6 is 0 Å². The van der Waals surface area contributed by atoms with Gasteiger partial charge in [0.2, 0.25) is 0 Å². The first-order valence-electron chi connectivity index (χ1n) is 10.7. The van der Waals surface area contributed by atoms with Crippen LogP contribution in [-0.2, 0) is 14.2 Å². The number of rotatable bonds is 14. The molecule has 0 unspecified atom stereocenters. The van der Waals surface area contributed by atoms with Crippen molar-refractivity contribution >= 4 is 33.7 Å². The summed E-state index contributed by atoms with van der Waals surface area (Å²) in [5.74, 6) is 0.555. The Bertz CT molecular complexity index is 990. The molecule has 1 aromatic heterocycles. The molecule has 0 saturated carbocycles. The molecular formula is C23H31N3O6. The fourth-order valence-electron chi connectivity index (χ4n) is 3.15. The number of fused-ring (bicyclic) bond motifs is 3. The second-order valence-electron chi connectivity index (χ2n) is 7.01. The maximum absolute atomic E-state index is 12.3. The number of carbonyl (C=O) groups is 1. The fourth-order valence-corrected chi connectivity index (χ4v) is 3.15. The summed E-state index contributed by atoms with van der Waals surface area (Å²) >= 11 is 0. The Kier molecular flexibility index (Phi) is 9.58. The molecule has 9 nitrogen and oxygen atoms in total. The normalized spacial score (nSPS) is 11.2. The lowest BCUT2D eigenvalue weighted by atomic mass is 10.1. The number of methoxy groups -OCH3 is 1. The third-order valence-electron chi connectivity index (χ3n) is 4.72. The second-order valence-corrected chi connectivity index (χ2v) is 7.01. The van der Waals surface area contributed by atoms with E-state index in [0.717, 1.165) is 22.8 Å². The van der Waals surface area contributed by atoms with Gasteiger partial charge in [0.15, 0.2) is 0 Å². The van der Waals surface area contributed by atoms with Gasteiger partial charge in [-0.05, 0) is 25.1 Å². The third kappa shape index (κ3) is 6.83. The van der Waals surface area contributed by atoms with Crippen LogP contribution in [0.15, 0.2) is 40.8 Å². The van der Waals surface area contributed by atoms with Crippen molar-refractivity contribution in [3.05, 3.63) is 36.4 Å². The number of anilines is 1. The van der Waals surface area contributed by atoms with Gasteiger partial charge >= 0.3 is 6.03 Å². The Balaban J connectivity index is 1.36. The van der Waals surface area contributed by atoms with Crippen LogP contribution in [-0.4, -0.2) is 65.9 Å². The van der Waals surface area contributed by atoms with Crippen LogP contribution in [0.1, 0.15) is 6.42 Å². The van der Waals surface area contributed by atoms with E-state index < -0.39 is 0 Å². The average molecular weight is 446 g/mol. The summed E-state index contributed by atoms with van der Waals surface area (Å²) in [6.45, 7) is 4.01. The summed E-state index contributed by atoms with van der Waals surface area (Å²) in [4.78, 5) is 12.3. The van der Waals surface area contributed by atoms with E-state index in [1.807, 2.05) is 30.3 Å². The molecule has 0 saturated heterocycles. The Hall–Kier alpha value is -2.85. The Morgan fingerprint density at radius 3 is 2.41 bits per heavy atom. The number of nitrogens with one attached hydrogen (secondary N) is 2.